The first-order chi connectivity index (χ1) is 15.9. The molecule has 3 rings (SSSR count). The van der Waals surface area contributed by atoms with Crippen LogP contribution in [0.15, 0.2) is 65.6 Å². The molecule has 0 atom stereocenters. The molecule has 0 spiro atoms. The minimum atomic E-state index is -3.59. The quantitative estimate of drug-likeness (QED) is 0.329. The van der Waals surface area contributed by atoms with E-state index in [2.05, 4.69) is 0 Å². The third-order valence-corrected chi connectivity index (χ3v) is 6.75. The third kappa shape index (κ3) is 6.49. The molecule has 9 nitrogen and oxygen atoms in total. The molecule has 1 fully saturated rings. The molecule has 1 aliphatic heterocycles. The molecule has 0 unspecified atom stereocenters. The van der Waals surface area contributed by atoms with Crippen LogP contribution in [0.1, 0.15) is 5.56 Å². The Morgan fingerprint density at radius 2 is 1.76 bits per heavy atom. The number of para-hydroxylation sites is 1. The average molecular weight is 470 g/mol. The normalized spacial score (nSPS) is 14.5. The molecule has 10 heteroatoms. The molecule has 0 aromatic heterocycles. The zero-order chi connectivity index (χ0) is 23.7. The van der Waals surface area contributed by atoms with Gasteiger partial charge >= 0.3 is 5.97 Å². The molecule has 1 heterocycles. The van der Waals surface area contributed by atoms with Crippen LogP contribution in [0, 0.1) is 11.3 Å². The Kier molecular flexibility index (Phi) is 8.32. The van der Waals surface area contributed by atoms with Gasteiger partial charge in [0.2, 0.25) is 10.0 Å². The van der Waals surface area contributed by atoms with Crippen molar-refractivity contribution in [2.75, 3.05) is 44.4 Å². The van der Waals surface area contributed by atoms with Gasteiger partial charge in [-0.3, -0.25) is 9.69 Å². The van der Waals surface area contributed by atoms with E-state index in [1.807, 2.05) is 6.07 Å². The van der Waals surface area contributed by atoms with Crippen molar-refractivity contribution >= 4 is 33.7 Å². The van der Waals surface area contributed by atoms with Crippen molar-refractivity contribution in [1.82, 2.24) is 4.31 Å². The Hall–Kier alpha value is -3.52. The summed E-state index contributed by atoms with van der Waals surface area (Å²) in [7, 11) is -3.59. The van der Waals surface area contributed by atoms with Crippen LogP contribution in [-0.4, -0.2) is 64.1 Å². The van der Waals surface area contributed by atoms with Crippen LogP contribution in [0.5, 0.6) is 0 Å². The van der Waals surface area contributed by atoms with E-state index < -0.39 is 28.5 Å². The highest BCUT2D eigenvalue weighted by Crippen LogP contribution is 2.18. The Morgan fingerprint density at radius 1 is 1.09 bits per heavy atom. The number of nitrogens with zero attached hydrogens (tertiary/aromatic N) is 3. The largest absolute Gasteiger partial charge is 0.452 e. The molecule has 0 N–H and O–H groups in total. The van der Waals surface area contributed by atoms with Gasteiger partial charge in [0.15, 0.2) is 6.61 Å². The number of benzene rings is 2. The van der Waals surface area contributed by atoms with Gasteiger partial charge in [0.1, 0.15) is 6.54 Å². The average Bonchev–Trinajstić information content (AvgIpc) is 2.86. The molecule has 2 aromatic rings. The zero-order valence-corrected chi connectivity index (χ0v) is 18.6. The summed E-state index contributed by atoms with van der Waals surface area (Å²) in [5, 5.41) is 8.97. The number of ether oxygens (including phenoxy) is 2. The number of rotatable bonds is 8. The molecule has 0 aliphatic carbocycles. The topological polar surface area (TPSA) is 117 Å². The van der Waals surface area contributed by atoms with Crippen LogP contribution < -0.4 is 4.90 Å². The van der Waals surface area contributed by atoms with Crippen LogP contribution in [-0.2, 0) is 29.1 Å². The number of sulfonamides is 1. The fourth-order valence-corrected chi connectivity index (χ4v) is 4.52. The lowest BCUT2D eigenvalue weighted by Crippen LogP contribution is -2.40. The number of amides is 1. The lowest BCUT2D eigenvalue weighted by atomic mass is 10.2. The van der Waals surface area contributed by atoms with Gasteiger partial charge in [0, 0.05) is 24.9 Å². The highest BCUT2D eigenvalue weighted by molar-refractivity contribution is 7.89. The number of anilines is 1. The first kappa shape index (κ1) is 24.1. The Labute approximate surface area is 192 Å². The first-order valence-electron chi connectivity index (χ1n) is 10.2. The molecule has 0 bridgehead atoms. The number of hydrogen-bond acceptors (Lipinski definition) is 7. The molecule has 1 saturated heterocycles. The summed E-state index contributed by atoms with van der Waals surface area (Å²) in [6.45, 7) is 0.663. The summed E-state index contributed by atoms with van der Waals surface area (Å²) in [6, 6.07) is 16.6. The highest BCUT2D eigenvalue weighted by Gasteiger charge is 2.26. The fraction of sp³-hybridized carbons (Fsp3) is 0.261. The van der Waals surface area contributed by atoms with Gasteiger partial charge in [-0.05, 0) is 35.9 Å². The standard InChI is InChI=1S/C23H23N3O6S/c24-12-13-26(20-4-2-1-3-5-20)22(27)18-32-23(28)11-8-19-6-9-21(10-7-19)33(29,30)25-14-16-31-17-15-25/h1-11H,13-18H2/b11-8+. The van der Waals surface area contributed by atoms with Gasteiger partial charge in [-0.1, -0.05) is 30.3 Å². The van der Waals surface area contributed by atoms with Gasteiger partial charge in [-0.2, -0.15) is 9.57 Å². The minimum Gasteiger partial charge on any atom is -0.452 e. The SMILES string of the molecule is N#CCN(C(=O)COC(=O)/C=C/c1ccc(S(=O)(=O)N2CCOCC2)cc1)c1ccccc1. The predicted molar refractivity (Wildman–Crippen MR) is 120 cm³/mol. The fourth-order valence-electron chi connectivity index (χ4n) is 3.11. The third-order valence-electron chi connectivity index (χ3n) is 4.84. The van der Waals surface area contributed by atoms with Gasteiger partial charge in [-0.25, -0.2) is 13.2 Å². The van der Waals surface area contributed by atoms with Crippen LogP contribution in [0.25, 0.3) is 6.08 Å². The number of hydrogen-bond donors (Lipinski definition) is 0. The molecular weight excluding hydrogens is 446 g/mol. The number of carbonyl (C=O) groups is 2. The van der Waals surface area contributed by atoms with E-state index in [1.165, 1.54) is 27.4 Å². The van der Waals surface area contributed by atoms with Gasteiger partial charge in [0.25, 0.3) is 5.91 Å². The number of nitriles is 1. The van der Waals surface area contributed by atoms with Crippen molar-refractivity contribution in [2.45, 2.75) is 4.90 Å². The Morgan fingerprint density at radius 3 is 2.39 bits per heavy atom. The summed E-state index contributed by atoms with van der Waals surface area (Å²) in [6.07, 6.45) is 2.61. The summed E-state index contributed by atoms with van der Waals surface area (Å²) < 4.78 is 36.8. The number of carbonyl (C=O) groups excluding carboxylic acids is 2. The lowest BCUT2D eigenvalue weighted by molar-refractivity contribution is -0.142. The van der Waals surface area contributed by atoms with E-state index in [4.69, 9.17) is 14.7 Å². The number of esters is 1. The summed E-state index contributed by atoms with van der Waals surface area (Å²) in [5.41, 5.74) is 1.12. The van der Waals surface area contributed by atoms with Crippen molar-refractivity contribution in [3.8, 4) is 6.07 Å². The Balaban J connectivity index is 1.56. The van der Waals surface area contributed by atoms with E-state index in [0.717, 1.165) is 6.08 Å². The van der Waals surface area contributed by atoms with Gasteiger partial charge < -0.3 is 9.47 Å². The molecule has 0 saturated carbocycles. The molecule has 2 aromatic carbocycles. The van der Waals surface area contributed by atoms with Crippen LogP contribution in [0.4, 0.5) is 5.69 Å². The second-order valence-electron chi connectivity index (χ2n) is 7.00. The minimum absolute atomic E-state index is 0.160. The van der Waals surface area contributed by atoms with Crippen LogP contribution in [0.3, 0.4) is 0 Å². The molecule has 1 amide bonds. The maximum atomic E-state index is 12.6. The van der Waals surface area contributed by atoms with Crippen molar-refractivity contribution in [3.63, 3.8) is 0 Å². The summed E-state index contributed by atoms with van der Waals surface area (Å²) >= 11 is 0. The van der Waals surface area contributed by atoms with Gasteiger partial charge in [0.05, 0.1) is 24.2 Å². The molecule has 172 valence electrons. The van der Waals surface area contributed by atoms with E-state index >= 15 is 0 Å². The predicted octanol–water partition coefficient (Wildman–Crippen LogP) is 1.82. The van der Waals surface area contributed by atoms with Crippen molar-refractivity contribution < 1.29 is 27.5 Å². The Bertz CT molecular complexity index is 1130. The molecular formula is C23H23N3O6S. The van der Waals surface area contributed by atoms with Crippen LogP contribution >= 0.6 is 0 Å². The highest BCUT2D eigenvalue weighted by atomic mass is 32.2. The van der Waals surface area contributed by atoms with Crippen molar-refractivity contribution in [3.05, 3.63) is 66.2 Å². The molecule has 1 aliphatic rings. The van der Waals surface area contributed by atoms with E-state index in [9.17, 15) is 18.0 Å². The van der Waals surface area contributed by atoms with Gasteiger partial charge in [-0.15, -0.1) is 0 Å². The van der Waals surface area contributed by atoms with Crippen molar-refractivity contribution in [2.24, 2.45) is 0 Å². The molecule has 33 heavy (non-hydrogen) atoms. The van der Waals surface area contributed by atoms with Crippen LogP contribution in [0.2, 0.25) is 0 Å². The lowest BCUT2D eigenvalue weighted by Gasteiger charge is -2.26. The summed E-state index contributed by atoms with van der Waals surface area (Å²) in [4.78, 5) is 25.8. The monoisotopic (exact) mass is 469 g/mol. The number of morpholine rings is 1. The van der Waals surface area contributed by atoms with Crippen molar-refractivity contribution in [1.29, 1.82) is 5.26 Å². The second-order valence-corrected chi connectivity index (χ2v) is 8.94. The second kappa shape index (κ2) is 11.4. The first-order valence-corrected chi connectivity index (χ1v) is 11.6. The summed E-state index contributed by atoms with van der Waals surface area (Å²) in [5.74, 6) is -1.26. The maximum absolute atomic E-state index is 12.6. The maximum Gasteiger partial charge on any atom is 0.331 e. The molecule has 0 radical (unpaired) electrons. The smallest absolute Gasteiger partial charge is 0.331 e. The zero-order valence-electron chi connectivity index (χ0n) is 17.8. The van der Waals surface area contributed by atoms with E-state index in [0.29, 0.717) is 37.6 Å². The van der Waals surface area contributed by atoms with E-state index in [1.54, 1.807) is 42.5 Å². The van der Waals surface area contributed by atoms with E-state index in [-0.39, 0.29) is 11.4 Å².